The SMILES string of the molecule is CCC1CC(C(=O)NC(C)CC(=O)c2ccco2)CCO1. The molecule has 21 heavy (non-hydrogen) atoms. The smallest absolute Gasteiger partial charge is 0.223 e. The molecule has 1 saturated heterocycles. The summed E-state index contributed by atoms with van der Waals surface area (Å²) in [5.74, 6) is 0.265. The molecule has 1 aromatic heterocycles. The Labute approximate surface area is 125 Å². The Balaban J connectivity index is 1.80. The van der Waals surface area contributed by atoms with Crippen LogP contribution in [-0.4, -0.2) is 30.4 Å². The highest BCUT2D eigenvalue weighted by Gasteiger charge is 2.28. The lowest BCUT2D eigenvalue weighted by Crippen LogP contribution is -2.41. The van der Waals surface area contributed by atoms with Crippen LogP contribution in [0.1, 0.15) is 50.1 Å². The molecule has 0 aromatic carbocycles. The third kappa shape index (κ3) is 4.43. The summed E-state index contributed by atoms with van der Waals surface area (Å²) in [6.45, 7) is 4.54. The number of carbonyl (C=O) groups excluding carboxylic acids is 2. The molecule has 1 aliphatic rings. The Morgan fingerprint density at radius 2 is 2.29 bits per heavy atom. The molecule has 3 unspecified atom stereocenters. The lowest BCUT2D eigenvalue weighted by Gasteiger charge is -2.29. The van der Waals surface area contributed by atoms with Crippen LogP contribution < -0.4 is 5.32 Å². The van der Waals surface area contributed by atoms with Crippen LogP contribution in [0.5, 0.6) is 0 Å². The van der Waals surface area contributed by atoms with Gasteiger partial charge in [-0.25, -0.2) is 0 Å². The molecule has 1 amide bonds. The highest BCUT2D eigenvalue weighted by Crippen LogP contribution is 2.22. The number of furan rings is 1. The van der Waals surface area contributed by atoms with Gasteiger partial charge in [0.15, 0.2) is 11.5 Å². The maximum atomic E-state index is 12.2. The largest absolute Gasteiger partial charge is 0.461 e. The molecule has 5 heteroatoms. The average Bonchev–Trinajstić information content (AvgIpc) is 3.01. The number of hydrogen-bond acceptors (Lipinski definition) is 4. The molecule has 0 aliphatic carbocycles. The fourth-order valence-electron chi connectivity index (χ4n) is 2.63. The lowest BCUT2D eigenvalue weighted by atomic mass is 9.93. The van der Waals surface area contributed by atoms with Gasteiger partial charge >= 0.3 is 0 Å². The van der Waals surface area contributed by atoms with E-state index in [9.17, 15) is 9.59 Å². The zero-order valence-corrected chi connectivity index (χ0v) is 12.6. The van der Waals surface area contributed by atoms with Crippen LogP contribution in [0.4, 0.5) is 0 Å². The predicted molar refractivity (Wildman–Crippen MR) is 78.0 cm³/mol. The first-order valence-corrected chi connectivity index (χ1v) is 7.58. The van der Waals surface area contributed by atoms with Crippen LogP contribution in [0, 0.1) is 5.92 Å². The maximum absolute atomic E-state index is 12.2. The predicted octanol–water partition coefficient (Wildman–Crippen LogP) is 2.56. The van der Waals surface area contributed by atoms with Crippen molar-refractivity contribution in [1.29, 1.82) is 0 Å². The molecule has 2 heterocycles. The summed E-state index contributed by atoms with van der Waals surface area (Å²) in [5, 5.41) is 2.93. The molecule has 0 radical (unpaired) electrons. The number of ketones is 1. The van der Waals surface area contributed by atoms with Crippen molar-refractivity contribution in [2.75, 3.05) is 6.61 Å². The molecule has 1 aliphatic heterocycles. The molecule has 0 bridgehead atoms. The standard InChI is InChI=1S/C16H23NO4/c1-3-13-10-12(6-8-20-13)16(19)17-11(2)9-14(18)15-5-4-7-21-15/h4-5,7,11-13H,3,6,8-10H2,1-2H3,(H,17,19). The van der Waals surface area contributed by atoms with Gasteiger partial charge in [-0.05, 0) is 38.3 Å². The van der Waals surface area contributed by atoms with E-state index in [4.69, 9.17) is 9.15 Å². The molecule has 1 fully saturated rings. The number of ether oxygens (including phenoxy) is 1. The lowest BCUT2D eigenvalue weighted by molar-refractivity contribution is -0.130. The Hall–Kier alpha value is -1.62. The summed E-state index contributed by atoms with van der Waals surface area (Å²) in [6, 6.07) is 3.13. The zero-order chi connectivity index (χ0) is 15.2. The number of hydrogen-bond donors (Lipinski definition) is 1. The van der Waals surface area contributed by atoms with Crippen LogP contribution >= 0.6 is 0 Å². The Bertz CT molecular complexity index is 469. The minimum Gasteiger partial charge on any atom is -0.461 e. The van der Waals surface area contributed by atoms with E-state index < -0.39 is 0 Å². The highest BCUT2D eigenvalue weighted by molar-refractivity contribution is 5.94. The summed E-state index contributed by atoms with van der Waals surface area (Å²) in [6.07, 6.45) is 4.34. The summed E-state index contributed by atoms with van der Waals surface area (Å²) < 4.78 is 10.6. The van der Waals surface area contributed by atoms with Crippen LogP contribution in [0.3, 0.4) is 0 Å². The van der Waals surface area contributed by atoms with E-state index in [1.165, 1.54) is 6.26 Å². The number of Topliss-reactive ketones (excluding diaryl/α,β-unsaturated/α-hetero) is 1. The van der Waals surface area contributed by atoms with Gasteiger partial charge in [-0.3, -0.25) is 9.59 Å². The van der Waals surface area contributed by atoms with Crippen molar-refractivity contribution < 1.29 is 18.7 Å². The molecular weight excluding hydrogens is 270 g/mol. The molecule has 2 rings (SSSR count). The van der Waals surface area contributed by atoms with Crippen LogP contribution in [0.2, 0.25) is 0 Å². The first kappa shape index (κ1) is 15.8. The summed E-state index contributed by atoms with van der Waals surface area (Å²) in [4.78, 5) is 24.1. The third-order valence-electron chi connectivity index (χ3n) is 3.87. The Morgan fingerprint density at radius 3 is 2.95 bits per heavy atom. The molecule has 3 atom stereocenters. The molecule has 1 aromatic rings. The van der Waals surface area contributed by atoms with Crippen LogP contribution in [0.25, 0.3) is 0 Å². The fraction of sp³-hybridized carbons (Fsp3) is 0.625. The molecule has 0 saturated carbocycles. The normalized spacial score (nSPS) is 23.5. The second kappa shape index (κ2) is 7.41. The molecule has 116 valence electrons. The first-order chi connectivity index (χ1) is 10.1. The average molecular weight is 293 g/mol. The zero-order valence-electron chi connectivity index (χ0n) is 12.6. The topological polar surface area (TPSA) is 68.5 Å². The molecule has 0 spiro atoms. The number of carbonyl (C=O) groups is 2. The van der Waals surface area contributed by atoms with Gasteiger partial charge < -0.3 is 14.5 Å². The molecular formula is C16H23NO4. The van der Waals surface area contributed by atoms with Crippen molar-refractivity contribution in [1.82, 2.24) is 5.32 Å². The van der Waals surface area contributed by atoms with E-state index in [1.54, 1.807) is 12.1 Å². The minimum atomic E-state index is -0.196. The maximum Gasteiger partial charge on any atom is 0.223 e. The van der Waals surface area contributed by atoms with Gasteiger partial charge in [0, 0.05) is 25.0 Å². The van der Waals surface area contributed by atoms with E-state index >= 15 is 0 Å². The van der Waals surface area contributed by atoms with Crippen molar-refractivity contribution >= 4 is 11.7 Å². The quantitative estimate of drug-likeness (QED) is 0.818. The van der Waals surface area contributed by atoms with E-state index in [0.717, 1.165) is 19.3 Å². The van der Waals surface area contributed by atoms with Gasteiger partial charge in [-0.1, -0.05) is 6.92 Å². The summed E-state index contributed by atoms with van der Waals surface area (Å²) >= 11 is 0. The van der Waals surface area contributed by atoms with Gasteiger partial charge in [-0.15, -0.1) is 0 Å². The first-order valence-electron chi connectivity index (χ1n) is 7.58. The van der Waals surface area contributed by atoms with Gasteiger partial charge in [0.2, 0.25) is 5.91 Å². The van der Waals surface area contributed by atoms with Crippen LogP contribution in [-0.2, 0) is 9.53 Å². The third-order valence-corrected chi connectivity index (χ3v) is 3.87. The van der Waals surface area contributed by atoms with Crippen molar-refractivity contribution in [2.24, 2.45) is 5.92 Å². The molecule has 1 N–H and O–H groups in total. The van der Waals surface area contributed by atoms with Crippen molar-refractivity contribution in [3.8, 4) is 0 Å². The summed E-state index contributed by atoms with van der Waals surface area (Å²) in [5.41, 5.74) is 0. The van der Waals surface area contributed by atoms with Gasteiger partial charge in [0.25, 0.3) is 0 Å². The van der Waals surface area contributed by atoms with E-state index in [0.29, 0.717) is 12.4 Å². The van der Waals surface area contributed by atoms with E-state index in [-0.39, 0.29) is 36.2 Å². The Morgan fingerprint density at radius 1 is 1.48 bits per heavy atom. The monoisotopic (exact) mass is 293 g/mol. The van der Waals surface area contributed by atoms with Crippen LogP contribution in [0.15, 0.2) is 22.8 Å². The minimum absolute atomic E-state index is 0.00938. The number of amides is 1. The molecule has 5 nitrogen and oxygen atoms in total. The van der Waals surface area contributed by atoms with Gasteiger partial charge in [0.1, 0.15) is 0 Å². The van der Waals surface area contributed by atoms with Gasteiger partial charge in [-0.2, -0.15) is 0 Å². The number of nitrogens with one attached hydrogen (secondary N) is 1. The summed E-state index contributed by atoms with van der Waals surface area (Å²) in [7, 11) is 0. The fourth-order valence-corrected chi connectivity index (χ4v) is 2.63. The second-order valence-electron chi connectivity index (χ2n) is 5.64. The van der Waals surface area contributed by atoms with E-state index in [1.807, 2.05) is 6.92 Å². The van der Waals surface area contributed by atoms with E-state index in [2.05, 4.69) is 12.2 Å². The van der Waals surface area contributed by atoms with Crippen molar-refractivity contribution in [3.05, 3.63) is 24.2 Å². The Kier molecular flexibility index (Phi) is 5.56. The highest BCUT2D eigenvalue weighted by atomic mass is 16.5. The van der Waals surface area contributed by atoms with Gasteiger partial charge in [0.05, 0.1) is 12.4 Å². The van der Waals surface area contributed by atoms with Crippen molar-refractivity contribution in [3.63, 3.8) is 0 Å². The second-order valence-corrected chi connectivity index (χ2v) is 5.64. The number of rotatable bonds is 6. The van der Waals surface area contributed by atoms with Crippen molar-refractivity contribution in [2.45, 2.75) is 51.7 Å².